The maximum atomic E-state index is 10.9. The van der Waals surface area contributed by atoms with Gasteiger partial charge in [-0.2, -0.15) is 0 Å². The molecular formula is C14H15NO4. The maximum Gasteiger partial charge on any atom is 0.272 e. The summed E-state index contributed by atoms with van der Waals surface area (Å²) < 4.78 is 5.36. The van der Waals surface area contributed by atoms with Crippen molar-refractivity contribution in [3.8, 4) is 0 Å². The summed E-state index contributed by atoms with van der Waals surface area (Å²) >= 11 is 0. The number of rotatable bonds is 4. The molecule has 1 heterocycles. The van der Waals surface area contributed by atoms with Gasteiger partial charge in [0.2, 0.25) is 0 Å². The topological polar surface area (TPSA) is 76.5 Å². The van der Waals surface area contributed by atoms with Crippen molar-refractivity contribution in [3.63, 3.8) is 0 Å². The van der Waals surface area contributed by atoms with Crippen LogP contribution in [0.5, 0.6) is 0 Å². The molecule has 19 heavy (non-hydrogen) atoms. The standard InChI is InChI=1S/C14H15NO4/c1-9-7-12(10(2)19-9)14(16)8-11-5-3-4-6-13(11)15(17)18/h3-7,14,16H,8H2,1-2H3. The van der Waals surface area contributed by atoms with Crippen molar-refractivity contribution in [1.82, 2.24) is 0 Å². The van der Waals surface area contributed by atoms with Crippen LogP contribution in [0.15, 0.2) is 34.7 Å². The first-order valence-corrected chi connectivity index (χ1v) is 5.96. The van der Waals surface area contributed by atoms with E-state index in [4.69, 9.17) is 4.42 Å². The molecule has 0 radical (unpaired) electrons. The Morgan fingerprint density at radius 3 is 2.63 bits per heavy atom. The molecule has 0 saturated heterocycles. The quantitative estimate of drug-likeness (QED) is 0.677. The van der Waals surface area contributed by atoms with Gasteiger partial charge in [0.15, 0.2) is 0 Å². The van der Waals surface area contributed by atoms with Crippen LogP contribution in [0.2, 0.25) is 0 Å². The fraction of sp³-hybridized carbons (Fsp3) is 0.286. The van der Waals surface area contributed by atoms with Crippen LogP contribution in [0.1, 0.15) is 28.8 Å². The lowest BCUT2D eigenvalue weighted by atomic mass is 10.0. The maximum absolute atomic E-state index is 10.9. The van der Waals surface area contributed by atoms with E-state index >= 15 is 0 Å². The molecule has 2 rings (SSSR count). The van der Waals surface area contributed by atoms with Crippen molar-refractivity contribution < 1.29 is 14.4 Å². The van der Waals surface area contributed by atoms with Crippen LogP contribution in [0.3, 0.4) is 0 Å². The molecule has 1 N–H and O–H groups in total. The largest absolute Gasteiger partial charge is 0.466 e. The predicted molar refractivity (Wildman–Crippen MR) is 69.9 cm³/mol. The molecular weight excluding hydrogens is 246 g/mol. The summed E-state index contributed by atoms with van der Waals surface area (Å²) in [7, 11) is 0. The van der Waals surface area contributed by atoms with Crippen molar-refractivity contribution >= 4 is 5.69 Å². The van der Waals surface area contributed by atoms with E-state index in [1.54, 1.807) is 38.1 Å². The monoisotopic (exact) mass is 261 g/mol. The number of hydrogen-bond donors (Lipinski definition) is 1. The van der Waals surface area contributed by atoms with Crippen molar-refractivity contribution in [2.75, 3.05) is 0 Å². The normalized spacial score (nSPS) is 12.4. The lowest BCUT2D eigenvalue weighted by Gasteiger charge is -2.09. The third kappa shape index (κ3) is 2.82. The van der Waals surface area contributed by atoms with Gasteiger partial charge in [-0.1, -0.05) is 18.2 Å². The number of nitrogens with zero attached hydrogens (tertiary/aromatic N) is 1. The Balaban J connectivity index is 2.26. The molecule has 100 valence electrons. The Morgan fingerprint density at radius 2 is 2.05 bits per heavy atom. The summed E-state index contributed by atoms with van der Waals surface area (Å²) in [5, 5.41) is 21.1. The molecule has 0 aliphatic rings. The lowest BCUT2D eigenvalue weighted by molar-refractivity contribution is -0.385. The van der Waals surface area contributed by atoms with Gasteiger partial charge in [0.25, 0.3) is 5.69 Å². The lowest BCUT2D eigenvalue weighted by Crippen LogP contribution is -2.04. The second-order valence-corrected chi connectivity index (χ2v) is 4.47. The molecule has 0 amide bonds. The summed E-state index contributed by atoms with van der Waals surface area (Å²) in [5.74, 6) is 1.36. The van der Waals surface area contributed by atoms with E-state index in [1.165, 1.54) is 6.07 Å². The van der Waals surface area contributed by atoms with Gasteiger partial charge in [-0.25, -0.2) is 0 Å². The number of nitro groups is 1. The molecule has 0 fully saturated rings. The van der Waals surface area contributed by atoms with E-state index in [-0.39, 0.29) is 12.1 Å². The second-order valence-electron chi connectivity index (χ2n) is 4.47. The van der Waals surface area contributed by atoms with Crippen LogP contribution in [0.4, 0.5) is 5.69 Å². The van der Waals surface area contributed by atoms with Crippen molar-refractivity contribution in [2.24, 2.45) is 0 Å². The summed E-state index contributed by atoms with van der Waals surface area (Å²) in [6.07, 6.45) is -0.615. The number of hydrogen-bond acceptors (Lipinski definition) is 4. The molecule has 1 unspecified atom stereocenters. The molecule has 0 bridgehead atoms. The van der Waals surface area contributed by atoms with E-state index < -0.39 is 11.0 Å². The Morgan fingerprint density at radius 1 is 1.37 bits per heavy atom. The predicted octanol–water partition coefficient (Wildman–Crippen LogP) is 3.08. The van der Waals surface area contributed by atoms with Crippen LogP contribution < -0.4 is 0 Å². The minimum atomic E-state index is -0.807. The number of furan rings is 1. The first kappa shape index (κ1) is 13.3. The average Bonchev–Trinajstić information content (AvgIpc) is 2.69. The third-order valence-corrected chi connectivity index (χ3v) is 3.04. The minimum absolute atomic E-state index is 0.0272. The molecule has 0 aliphatic heterocycles. The second kappa shape index (κ2) is 5.24. The number of benzene rings is 1. The Labute approximate surface area is 110 Å². The number of aliphatic hydroxyl groups excluding tert-OH is 1. The van der Waals surface area contributed by atoms with Crippen LogP contribution in [-0.4, -0.2) is 10.0 Å². The minimum Gasteiger partial charge on any atom is -0.466 e. The van der Waals surface area contributed by atoms with Gasteiger partial charge in [0.1, 0.15) is 11.5 Å². The Bertz CT molecular complexity index is 603. The zero-order chi connectivity index (χ0) is 14.0. The number of nitro benzene ring substituents is 1. The molecule has 1 aromatic heterocycles. The van der Waals surface area contributed by atoms with Crippen molar-refractivity contribution in [3.05, 3.63) is 63.1 Å². The molecule has 0 saturated carbocycles. The fourth-order valence-electron chi connectivity index (χ4n) is 2.16. The Hall–Kier alpha value is -2.14. The first-order valence-electron chi connectivity index (χ1n) is 5.96. The molecule has 5 heteroatoms. The SMILES string of the molecule is Cc1cc(C(O)Cc2ccccc2[N+](=O)[O-])c(C)o1. The molecule has 1 aromatic carbocycles. The highest BCUT2D eigenvalue weighted by Gasteiger charge is 2.20. The highest BCUT2D eigenvalue weighted by molar-refractivity contribution is 5.41. The van der Waals surface area contributed by atoms with Gasteiger partial charge < -0.3 is 9.52 Å². The fourth-order valence-corrected chi connectivity index (χ4v) is 2.16. The summed E-state index contributed by atoms with van der Waals surface area (Å²) in [5.41, 5.74) is 1.22. The molecule has 5 nitrogen and oxygen atoms in total. The average molecular weight is 261 g/mol. The van der Waals surface area contributed by atoms with Gasteiger partial charge >= 0.3 is 0 Å². The van der Waals surface area contributed by atoms with Gasteiger partial charge in [-0.15, -0.1) is 0 Å². The van der Waals surface area contributed by atoms with Crippen LogP contribution in [0.25, 0.3) is 0 Å². The number of aliphatic hydroxyl groups is 1. The zero-order valence-electron chi connectivity index (χ0n) is 10.8. The Kier molecular flexibility index (Phi) is 3.66. The first-order chi connectivity index (χ1) is 8.99. The summed E-state index contributed by atoms with van der Waals surface area (Å²) in [6, 6.07) is 8.19. The van der Waals surface area contributed by atoms with Crippen LogP contribution in [0, 0.1) is 24.0 Å². The van der Waals surface area contributed by atoms with E-state index in [0.717, 1.165) is 0 Å². The van der Waals surface area contributed by atoms with Crippen LogP contribution >= 0.6 is 0 Å². The summed E-state index contributed by atoms with van der Waals surface area (Å²) in [4.78, 5) is 10.5. The molecule has 2 aromatic rings. The van der Waals surface area contributed by atoms with E-state index in [9.17, 15) is 15.2 Å². The highest BCUT2D eigenvalue weighted by atomic mass is 16.6. The van der Waals surface area contributed by atoms with Gasteiger partial charge in [0.05, 0.1) is 11.0 Å². The van der Waals surface area contributed by atoms with Gasteiger partial charge in [0, 0.05) is 23.6 Å². The number of para-hydroxylation sites is 1. The van der Waals surface area contributed by atoms with Crippen LogP contribution in [-0.2, 0) is 6.42 Å². The molecule has 0 aliphatic carbocycles. The van der Waals surface area contributed by atoms with Gasteiger partial charge in [-0.05, 0) is 19.9 Å². The van der Waals surface area contributed by atoms with Crippen molar-refractivity contribution in [1.29, 1.82) is 0 Å². The van der Waals surface area contributed by atoms with E-state index in [1.807, 2.05) is 0 Å². The number of aryl methyl sites for hydroxylation is 2. The van der Waals surface area contributed by atoms with E-state index in [0.29, 0.717) is 22.6 Å². The molecule has 0 spiro atoms. The van der Waals surface area contributed by atoms with E-state index in [2.05, 4.69) is 0 Å². The third-order valence-electron chi connectivity index (χ3n) is 3.04. The zero-order valence-corrected chi connectivity index (χ0v) is 10.8. The van der Waals surface area contributed by atoms with Crippen molar-refractivity contribution in [2.45, 2.75) is 26.4 Å². The molecule has 1 atom stereocenters. The summed E-state index contributed by atoms with van der Waals surface area (Å²) in [6.45, 7) is 3.57. The van der Waals surface area contributed by atoms with Gasteiger partial charge in [-0.3, -0.25) is 10.1 Å². The smallest absolute Gasteiger partial charge is 0.272 e. The highest BCUT2D eigenvalue weighted by Crippen LogP contribution is 2.28.